The average Bonchev–Trinajstić information content (AvgIpc) is 3.49. The highest BCUT2D eigenvalue weighted by atomic mass is 16.5. The van der Waals surface area contributed by atoms with E-state index in [0.717, 1.165) is 11.1 Å². The van der Waals surface area contributed by atoms with Crippen LogP contribution in [-0.2, 0) is 9.59 Å². The largest absolute Gasteiger partial charge is 0.422 e. The predicted molar refractivity (Wildman–Crippen MR) is 135 cm³/mol. The lowest BCUT2D eigenvalue weighted by atomic mass is 10.0. The molecule has 8 heteroatoms. The average molecular weight is 479 g/mol. The van der Waals surface area contributed by atoms with Gasteiger partial charge >= 0.3 is 11.9 Å². The molecule has 0 amide bonds. The van der Waals surface area contributed by atoms with E-state index >= 15 is 0 Å². The van der Waals surface area contributed by atoms with E-state index in [1.807, 2.05) is 84.9 Å². The minimum atomic E-state index is -0.456. The summed E-state index contributed by atoms with van der Waals surface area (Å²) in [5.41, 5.74) is 5.19. The van der Waals surface area contributed by atoms with E-state index in [2.05, 4.69) is 20.4 Å². The number of nitrogens with one attached hydrogen (secondary N) is 2. The summed E-state index contributed by atoms with van der Waals surface area (Å²) in [5.74, 6) is -0.248. The molecule has 0 aliphatic rings. The van der Waals surface area contributed by atoms with E-state index in [4.69, 9.17) is 9.47 Å². The van der Waals surface area contributed by atoms with E-state index < -0.39 is 11.9 Å². The first-order valence-electron chi connectivity index (χ1n) is 11.3. The van der Waals surface area contributed by atoms with Crippen LogP contribution in [0.3, 0.4) is 0 Å². The molecular formula is C28H22N4O4. The number of carbonyl (C=O) groups is 2. The summed E-state index contributed by atoms with van der Waals surface area (Å²) in [5, 5.41) is 14.9. The second-order valence-corrected chi connectivity index (χ2v) is 8.05. The maximum absolute atomic E-state index is 11.9. The van der Waals surface area contributed by atoms with Crippen molar-refractivity contribution in [3.63, 3.8) is 0 Å². The minimum absolute atomic E-state index is 0.332. The Morgan fingerprint density at radius 3 is 1.36 bits per heavy atom. The molecule has 5 aromatic rings. The molecule has 0 atom stereocenters. The molecule has 36 heavy (non-hydrogen) atoms. The Bertz CT molecular complexity index is 1430. The number of nitrogens with zero attached hydrogens (tertiary/aromatic N) is 2. The van der Waals surface area contributed by atoms with Crippen LogP contribution in [0.5, 0.6) is 11.5 Å². The predicted octanol–water partition coefficient (Wildman–Crippen LogP) is 5.65. The van der Waals surface area contributed by atoms with Gasteiger partial charge in [0.05, 0.1) is 0 Å². The van der Waals surface area contributed by atoms with Crippen LogP contribution >= 0.6 is 0 Å². The zero-order chi connectivity index (χ0) is 25.1. The summed E-state index contributed by atoms with van der Waals surface area (Å²) in [6.45, 7) is 2.70. The molecule has 0 fully saturated rings. The Balaban J connectivity index is 1.61. The summed E-state index contributed by atoms with van der Waals surface area (Å²) in [6.07, 6.45) is 0. The van der Waals surface area contributed by atoms with Crippen LogP contribution in [0.4, 0.5) is 0 Å². The van der Waals surface area contributed by atoms with Crippen molar-refractivity contribution in [3.05, 3.63) is 84.9 Å². The summed E-state index contributed by atoms with van der Waals surface area (Å²) in [7, 11) is 0. The number of H-pyrrole nitrogens is 2. The van der Waals surface area contributed by atoms with Gasteiger partial charge in [-0.25, -0.2) is 0 Å². The number of rotatable bonds is 6. The van der Waals surface area contributed by atoms with Crippen LogP contribution in [0.15, 0.2) is 84.9 Å². The molecule has 8 nitrogen and oxygen atoms in total. The molecule has 0 unspecified atom stereocenters. The fraction of sp³-hybridized carbons (Fsp3) is 0.0714. The molecule has 0 saturated carbocycles. The Morgan fingerprint density at radius 2 is 0.972 bits per heavy atom. The van der Waals surface area contributed by atoms with Gasteiger partial charge in [0.1, 0.15) is 22.8 Å². The molecular weight excluding hydrogens is 456 g/mol. The third-order valence-electron chi connectivity index (χ3n) is 5.47. The van der Waals surface area contributed by atoms with Gasteiger partial charge in [-0.1, -0.05) is 78.9 Å². The summed E-state index contributed by atoms with van der Waals surface area (Å²) < 4.78 is 11.2. The SMILES string of the molecule is CC(=O)Oc1c(-c2cccc(-c3n[nH]c(-c4ccccc4)c3OC(C)=O)c2)n[nH]c1-c1ccccc1. The van der Waals surface area contributed by atoms with Crippen LogP contribution in [0.2, 0.25) is 0 Å². The Morgan fingerprint density at radius 1 is 0.583 bits per heavy atom. The van der Waals surface area contributed by atoms with Crippen molar-refractivity contribution in [2.45, 2.75) is 13.8 Å². The molecule has 0 radical (unpaired) electrons. The van der Waals surface area contributed by atoms with Gasteiger partial charge in [0, 0.05) is 36.1 Å². The van der Waals surface area contributed by atoms with Crippen molar-refractivity contribution in [2.75, 3.05) is 0 Å². The van der Waals surface area contributed by atoms with E-state index in [1.54, 1.807) is 0 Å². The number of hydrogen-bond donors (Lipinski definition) is 2. The highest BCUT2D eigenvalue weighted by molar-refractivity contribution is 5.86. The number of benzene rings is 3. The van der Waals surface area contributed by atoms with Crippen molar-refractivity contribution in [3.8, 4) is 56.5 Å². The maximum atomic E-state index is 11.9. The second-order valence-electron chi connectivity index (χ2n) is 8.05. The van der Waals surface area contributed by atoms with Crippen molar-refractivity contribution >= 4 is 11.9 Å². The van der Waals surface area contributed by atoms with Crippen molar-refractivity contribution < 1.29 is 19.1 Å². The number of aromatic nitrogens is 4. The molecule has 3 aromatic carbocycles. The topological polar surface area (TPSA) is 110 Å². The number of ether oxygens (including phenoxy) is 2. The third kappa shape index (κ3) is 4.52. The maximum Gasteiger partial charge on any atom is 0.308 e. The van der Waals surface area contributed by atoms with Gasteiger partial charge in [0.25, 0.3) is 0 Å². The Hall–Kier alpha value is -4.98. The van der Waals surface area contributed by atoms with Gasteiger partial charge in [-0.2, -0.15) is 10.2 Å². The van der Waals surface area contributed by atoms with Crippen LogP contribution in [0, 0.1) is 0 Å². The standard InChI is InChI=1S/C28H22N4O4/c1-17(33)35-27-23(19-10-5-3-6-11-19)29-31-25(27)21-14-9-15-22(16-21)26-28(36-18(2)34)24(30-32-26)20-12-7-4-8-13-20/h3-16H,1-2H3,(H,29,31)(H,30,32). The molecule has 0 bridgehead atoms. The first-order valence-corrected chi connectivity index (χ1v) is 11.3. The lowest BCUT2D eigenvalue weighted by Gasteiger charge is -2.08. The highest BCUT2D eigenvalue weighted by Crippen LogP contribution is 2.41. The lowest BCUT2D eigenvalue weighted by molar-refractivity contribution is -0.132. The van der Waals surface area contributed by atoms with Gasteiger partial charge in [-0.3, -0.25) is 19.8 Å². The minimum Gasteiger partial charge on any atom is -0.422 e. The van der Waals surface area contributed by atoms with Crippen molar-refractivity contribution in [2.24, 2.45) is 0 Å². The monoisotopic (exact) mass is 478 g/mol. The second kappa shape index (κ2) is 9.71. The molecule has 5 rings (SSSR count). The molecule has 2 heterocycles. The summed E-state index contributed by atoms with van der Waals surface area (Å²) >= 11 is 0. The third-order valence-corrected chi connectivity index (χ3v) is 5.47. The molecule has 178 valence electrons. The van der Waals surface area contributed by atoms with Gasteiger partial charge in [-0.15, -0.1) is 0 Å². The number of carbonyl (C=O) groups excluding carboxylic acids is 2. The van der Waals surface area contributed by atoms with E-state index in [-0.39, 0.29) is 0 Å². The molecule has 0 aliphatic carbocycles. The van der Waals surface area contributed by atoms with Gasteiger partial charge in [-0.05, 0) is 6.07 Å². The molecule has 2 N–H and O–H groups in total. The van der Waals surface area contributed by atoms with Crippen LogP contribution < -0.4 is 9.47 Å². The molecule has 0 spiro atoms. The van der Waals surface area contributed by atoms with E-state index in [0.29, 0.717) is 45.4 Å². The van der Waals surface area contributed by atoms with Gasteiger partial charge in [0.15, 0.2) is 11.5 Å². The Kier molecular flexibility index (Phi) is 6.15. The highest BCUT2D eigenvalue weighted by Gasteiger charge is 2.23. The van der Waals surface area contributed by atoms with Crippen LogP contribution in [0.25, 0.3) is 45.0 Å². The lowest BCUT2D eigenvalue weighted by Crippen LogP contribution is -2.03. The quantitative estimate of drug-likeness (QED) is 0.305. The molecule has 2 aromatic heterocycles. The van der Waals surface area contributed by atoms with E-state index in [9.17, 15) is 9.59 Å². The van der Waals surface area contributed by atoms with Crippen molar-refractivity contribution in [1.29, 1.82) is 0 Å². The zero-order valence-corrected chi connectivity index (χ0v) is 19.6. The fourth-order valence-corrected chi connectivity index (χ4v) is 3.96. The number of esters is 2. The van der Waals surface area contributed by atoms with Crippen LogP contribution in [0.1, 0.15) is 13.8 Å². The van der Waals surface area contributed by atoms with Gasteiger partial charge < -0.3 is 9.47 Å². The zero-order valence-electron chi connectivity index (χ0n) is 19.6. The molecule has 0 aliphatic heterocycles. The summed E-state index contributed by atoms with van der Waals surface area (Å²) in [6, 6.07) is 26.4. The normalized spacial score (nSPS) is 10.7. The summed E-state index contributed by atoms with van der Waals surface area (Å²) in [4.78, 5) is 23.8. The fourth-order valence-electron chi connectivity index (χ4n) is 3.96. The molecule has 0 saturated heterocycles. The van der Waals surface area contributed by atoms with Gasteiger partial charge in [0.2, 0.25) is 0 Å². The number of hydrogen-bond acceptors (Lipinski definition) is 6. The first-order chi connectivity index (χ1) is 17.5. The number of aromatic amines is 2. The van der Waals surface area contributed by atoms with Crippen molar-refractivity contribution in [1.82, 2.24) is 20.4 Å². The smallest absolute Gasteiger partial charge is 0.308 e. The first kappa shape index (κ1) is 22.8. The van der Waals surface area contributed by atoms with E-state index in [1.165, 1.54) is 13.8 Å². The van der Waals surface area contributed by atoms with Crippen LogP contribution in [-0.4, -0.2) is 32.3 Å². The Labute approximate surface area is 206 Å².